The monoisotopic (exact) mass is 206 g/mol. The third-order valence-corrected chi connectivity index (χ3v) is 3.90. The van der Waals surface area contributed by atoms with Gasteiger partial charge in [-0.15, -0.1) is 0 Å². The van der Waals surface area contributed by atoms with Crippen LogP contribution in [0.15, 0.2) is 12.3 Å². The number of aromatic nitrogens is 2. The standard InChI is InChI=1S/C13H22N2/c1-9(2)12-7-11-5-6-14-15(11)8-13(12)10(3)4/h5-6,9-10,12-13H,7-8H2,1-4H3. The Kier molecular flexibility index (Phi) is 2.85. The van der Waals surface area contributed by atoms with Crippen LogP contribution in [-0.2, 0) is 13.0 Å². The van der Waals surface area contributed by atoms with Crippen LogP contribution < -0.4 is 0 Å². The molecule has 0 spiro atoms. The number of nitrogens with zero attached hydrogens (tertiary/aromatic N) is 2. The van der Waals surface area contributed by atoms with Gasteiger partial charge in [0.1, 0.15) is 0 Å². The quantitative estimate of drug-likeness (QED) is 0.727. The maximum Gasteiger partial charge on any atom is 0.0492 e. The SMILES string of the molecule is CC(C)C1Cc2ccnn2CC1C(C)C. The Morgan fingerprint density at radius 3 is 2.47 bits per heavy atom. The van der Waals surface area contributed by atoms with Gasteiger partial charge in [0.2, 0.25) is 0 Å². The van der Waals surface area contributed by atoms with Gasteiger partial charge in [0.05, 0.1) is 0 Å². The van der Waals surface area contributed by atoms with Gasteiger partial charge in [-0.05, 0) is 36.2 Å². The highest BCUT2D eigenvalue weighted by atomic mass is 15.3. The van der Waals surface area contributed by atoms with E-state index in [4.69, 9.17) is 0 Å². The molecule has 0 saturated carbocycles. The molecule has 0 aromatic carbocycles. The Morgan fingerprint density at radius 2 is 1.87 bits per heavy atom. The van der Waals surface area contributed by atoms with Crippen LogP contribution in [-0.4, -0.2) is 9.78 Å². The highest BCUT2D eigenvalue weighted by Crippen LogP contribution is 2.35. The van der Waals surface area contributed by atoms with E-state index in [0.717, 1.165) is 30.2 Å². The molecule has 2 heteroatoms. The highest BCUT2D eigenvalue weighted by molar-refractivity contribution is 5.06. The summed E-state index contributed by atoms with van der Waals surface area (Å²) in [5, 5.41) is 4.40. The summed E-state index contributed by atoms with van der Waals surface area (Å²) >= 11 is 0. The Hall–Kier alpha value is -0.790. The second kappa shape index (κ2) is 3.99. The second-order valence-electron chi connectivity index (χ2n) is 5.52. The molecule has 1 aliphatic heterocycles. The van der Waals surface area contributed by atoms with Gasteiger partial charge in [-0.2, -0.15) is 5.10 Å². The summed E-state index contributed by atoms with van der Waals surface area (Å²) in [5.74, 6) is 3.15. The average molecular weight is 206 g/mol. The summed E-state index contributed by atoms with van der Waals surface area (Å²) in [6, 6.07) is 2.17. The fraction of sp³-hybridized carbons (Fsp3) is 0.769. The molecular formula is C13H22N2. The zero-order valence-electron chi connectivity index (χ0n) is 10.3. The molecule has 0 amide bonds. The summed E-state index contributed by atoms with van der Waals surface area (Å²) in [6.07, 6.45) is 3.15. The minimum atomic E-state index is 0.759. The van der Waals surface area contributed by atoms with Gasteiger partial charge in [-0.3, -0.25) is 4.68 Å². The van der Waals surface area contributed by atoms with Crippen molar-refractivity contribution in [2.45, 2.75) is 40.7 Å². The van der Waals surface area contributed by atoms with Gasteiger partial charge >= 0.3 is 0 Å². The smallest absolute Gasteiger partial charge is 0.0492 e. The van der Waals surface area contributed by atoms with Crippen molar-refractivity contribution in [3.8, 4) is 0 Å². The van der Waals surface area contributed by atoms with E-state index in [1.165, 1.54) is 12.1 Å². The first-order chi connectivity index (χ1) is 7.09. The molecule has 0 N–H and O–H groups in total. The zero-order chi connectivity index (χ0) is 11.0. The fourth-order valence-electron chi connectivity index (χ4n) is 2.86. The lowest BCUT2D eigenvalue weighted by atomic mass is 9.73. The predicted octanol–water partition coefficient (Wildman–Crippen LogP) is 2.98. The molecule has 15 heavy (non-hydrogen) atoms. The summed E-state index contributed by atoms with van der Waals surface area (Å²) in [4.78, 5) is 0. The van der Waals surface area contributed by atoms with E-state index in [-0.39, 0.29) is 0 Å². The molecule has 0 bridgehead atoms. The van der Waals surface area contributed by atoms with Crippen LogP contribution in [0.25, 0.3) is 0 Å². The van der Waals surface area contributed by atoms with Crippen LogP contribution in [0.2, 0.25) is 0 Å². The molecule has 1 aromatic heterocycles. The minimum Gasteiger partial charge on any atom is -0.269 e. The van der Waals surface area contributed by atoms with Gasteiger partial charge in [-0.25, -0.2) is 0 Å². The lowest BCUT2D eigenvalue weighted by Crippen LogP contribution is -2.35. The van der Waals surface area contributed by atoms with E-state index in [1.807, 2.05) is 6.20 Å². The second-order valence-corrected chi connectivity index (χ2v) is 5.52. The zero-order valence-corrected chi connectivity index (χ0v) is 10.3. The summed E-state index contributed by atoms with van der Waals surface area (Å²) < 4.78 is 2.20. The molecule has 2 rings (SSSR count). The maximum absolute atomic E-state index is 4.40. The lowest BCUT2D eigenvalue weighted by Gasteiger charge is -2.37. The first-order valence-electron chi connectivity index (χ1n) is 6.10. The first kappa shape index (κ1) is 10.7. The molecule has 2 nitrogen and oxygen atoms in total. The van der Waals surface area contributed by atoms with Crippen molar-refractivity contribution in [3.05, 3.63) is 18.0 Å². The van der Waals surface area contributed by atoms with Gasteiger partial charge < -0.3 is 0 Å². The molecule has 1 aliphatic rings. The number of hydrogen-bond acceptors (Lipinski definition) is 1. The van der Waals surface area contributed by atoms with Gasteiger partial charge in [0, 0.05) is 18.4 Å². The molecule has 2 unspecified atom stereocenters. The van der Waals surface area contributed by atoms with Crippen molar-refractivity contribution in [2.75, 3.05) is 0 Å². The fourth-order valence-corrected chi connectivity index (χ4v) is 2.86. The Bertz CT molecular complexity index is 295. The van der Waals surface area contributed by atoms with Crippen LogP contribution in [0, 0.1) is 23.7 Å². The van der Waals surface area contributed by atoms with Crippen molar-refractivity contribution in [2.24, 2.45) is 23.7 Å². The molecule has 84 valence electrons. The van der Waals surface area contributed by atoms with Crippen molar-refractivity contribution < 1.29 is 0 Å². The number of fused-ring (bicyclic) bond motifs is 1. The summed E-state index contributed by atoms with van der Waals surface area (Å²) in [5.41, 5.74) is 1.42. The normalized spacial score (nSPS) is 26.0. The highest BCUT2D eigenvalue weighted by Gasteiger charge is 2.32. The summed E-state index contributed by atoms with van der Waals surface area (Å²) in [6.45, 7) is 10.5. The van der Waals surface area contributed by atoms with Gasteiger partial charge in [0.25, 0.3) is 0 Å². The first-order valence-corrected chi connectivity index (χ1v) is 6.10. The molecule has 0 saturated heterocycles. The van der Waals surface area contributed by atoms with E-state index in [9.17, 15) is 0 Å². The molecule has 0 fully saturated rings. The third kappa shape index (κ3) is 1.95. The van der Waals surface area contributed by atoms with E-state index < -0.39 is 0 Å². The van der Waals surface area contributed by atoms with E-state index >= 15 is 0 Å². The van der Waals surface area contributed by atoms with Crippen molar-refractivity contribution in [1.82, 2.24) is 9.78 Å². The van der Waals surface area contributed by atoms with Crippen LogP contribution in [0.3, 0.4) is 0 Å². The molecular weight excluding hydrogens is 184 g/mol. The molecule has 2 heterocycles. The van der Waals surface area contributed by atoms with Crippen LogP contribution in [0.5, 0.6) is 0 Å². The maximum atomic E-state index is 4.40. The topological polar surface area (TPSA) is 17.8 Å². The summed E-state index contributed by atoms with van der Waals surface area (Å²) in [7, 11) is 0. The molecule has 1 aromatic rings. The third-order valence-electron chi connectivity index (χ3n) is 3.90. The minimum absolute atomic E-state index is 0.759. The van der Waals surface area contributed by atoms with Gasteiger partial charge in [-0.1, -0.05) is 27.7 Å². The van der Waals surface area contributed by atoms with Crippen LogP contribution in [0.4, 0.5) is 0 Å². The number of hydrogen-bond donors (Lipinski definition) is 0. The Morgan fingerprint density at radius 1 is 1.20 bits per heavy atom. The van der Waals surface area contributed by atoms with Crippen molar-refractivity contribution in [1.29, 1.82) is 0 Å². The lowest BCUT2D eigenvalue weighted by molar-refractivity contribution is 0.140. The Balaban J connectivity index is 2.25. The van der Waals surface area contributed by atoms with E-state index in [2.05, 4.69) is 43.5 Å². The van der Waals surface area contributed by atoms with Crippen LogP contribution in [0.1, 0.15) is 33.4 Å². The predicted molar refractivity (Wildman–Crippen MR) is 62.6 cm³/mol. The average Bonchev–Trinajstić information content (AvgIpc) is 2.61. The van der Waals surface area contributed by atoms with E-state index in [1.54, 1.807) is 0 Å². The van der Waals surface area contributed by atoms with Gasteiger partial charge in [0.15, 0.2) is 0 Å². The molecule has 0 radical (unpaired) electrons. The molecule has 2 atom stereocenters. The largest absolute Gasteiger partial charge is 0.269 e. The van der Waals surface area contributed by atoms with Crippen molar-refractivity contribution in [3.63, 3.8) is 0 Å². The van der Waals surface area contributed by atoms with Crippen LogP contribution >= 0.6 is 0 Å². The van der Waals surface area contributed by atoms with E-state index in [0.29, 0.717) is 0 Å². The number of rotatable bonds is 2. The van der Waals surface area contributed by atoms with Crippen molar-refractivity contribution >= 4 is 0 Å². The Labute approximate surface area is 92.7 Å². The molecule has 0 aliphatic carbocycles.